The highest BCUT2D eigenvalue weighted by Gasteiger charge is 2.42. The van der Waals surface area contributed by atoms with Gasteiger partial charge in [0.2, 0.25) is 5.91 Å². The van der Waals surface area contributed by atoms with Crippen molar-refractivity contribution in [3.8, 4) is 22.8 Å². The molecule has 2 saturated heterocycles. The lowest BCUT2D eigenvalue weighted by Gasteiger charge is -2.24. The molecule has 2 aliphatic rings. The number of rotatable bonds is 7. The third-order valence-electron chi connectivity index (χ3n) is 7.27. The van der Waals surface area contributed by atoms with Gasteiger partial charge in [0.1, 0.15) is 18.0 Å². The molecule has 2 atom stereocenters. The number of methoxy groups -OCH3 is 1. The molecule has 212 valence electrons. The average molecular weight is 551 g/mol. The first kappa shape index (κ1) is 27.5. The van der Waals surface area contributed by atoms with Gasteiger partial charge in [0, 0.05) is 55.3 Å². The van der Waals surface area contributed by atoms with E-state index >= 15 is 0 Å². The van der Waals surface area contributed by atoms with Crippen LogP contribution in [0, 0.1) is 17.7 Å². The number of carbonyl (C=O) groups excluding carboxylic acids is 2. The van der Waals surface area contributed by atoms with Gasteiger partial charge in [-0.3, -0.25) is 4.79 Å². The zero-order chi connectivity index (χ0) is 28.6. The highest BCUT2D eigenvalue weighted by Crippen LogP contribution is 2.39. The van der Waals surface area contributed by atoms with E-state index in [0.717, 1.165) is 11.3 Å². The number of carbonyl (C=O) groups is 2. The number of fused-ring (bicyclic) bond motifs is 2. The Morgan fingerprint density at radius 1 is 1.18 bits per heavy atom. The summed E-state index contributed by atoms with van der Waals surface area (Å²) in [5, 5.41) is 3.62. The fourth-order valence-electron chi connectivity index (χ4n) is 5.16. The maximum atomic E-state index is 14.7. The van der Waals surface area contributed by atoms with Crippen LogP contribution in [0.4, 0.5) is 14.9 Å². The molecule has 3 aromatic rings. The lowest BCUT2D eigenvalue weighted by molar-refractivity contribution is -0.122. The first-order chi connectivity index (χ1) is 19.0. The summed E-state index contributed by atoms with van der Waals surface area (Å²) in [5.74, 6) is 0.563. The Bertz CT molecular complexity index is 1420. The molecule has 0 saturated carbocycles. The molecule has 40 heavy (non-hydrogen) atoms. The van der Waals surface area contributed by atoms with Crippen molar-refractivity contribution in [3.63, 3.8) is 0 Å². The molecule has 5 rings (SSSR count). The zero-order valence-corrected chi connectivity index (χ0v) is 23.5. The first-order valence-electron chi connectivity index (χ1n) is 13.4. The molecule has 2 amide bonds. The van der Waals surface area contributed by atoms with Crippen LogP contribution in [0.1, 0.15) is 20.8 Å². The van der Waals surface area contributed by atoms with E-state index in [1.54, 1.807) is 13.1 Å². The zero-order valence-electron chi connectivity index (χ0n) is 23.5. The monoisotopic (exact) mass is 550 g/mol. The van der Waals surface area contributed by atoms with E-state index in [1.807, 2.05) is 51.1 Å². The Balaban J connectivity index is 1.35. The maximum absolute atomic E-state index is 14.7. The van der Waals surface area contributed by atoms with E-state index in [1.165, 1.54) is 18.1 Å². The van der Waals surface area contributed by atoms with Crippen LogP contribution < -0.4 is 19.7 Å². The molecule has 2 unspecified atom stereocenters. The summed E-state index contributed by atoms with van der Waals surface area (Å²) in [6.45, 7) is 8.11. The highest BCUT2D eigenvalue weighted by atomic mass is 19.1. The van der Waals surface area contributed by atoms with Crippen LogP contribution >= 0.6 is 0 Å². The van der Waals surface area contributed by atoms with Gasteiger partial charge in [0.25, 0.3) is 0 Å². The summed E-state index contributed by atoms with van der Waals surface area (Å²) in [4.78, 5) is 32.9. The summed E-state index contributed by atoms with van der Waals surface area (Å²) in [7, 11) is 3.10. The summed E-state index contributed by atoms with van der Waals surface area (Å²) in [5.41, 5.74) is 2.48. The minimum atomic E-state index is -0.555. The second-order valence-corrected chi connectivity index (χ2v) is 11.3. The number of likely N-dealkylation sites (N-methyl/N-ethyl adjacent to an activating group) is 1. The van der Waals surface area contributed by atoms with Gasteiger partial charge in [0.05, 0.1) is 30.8 Å². The first-order valence-corrected chi connectivity index (χ1v) is 13.4. The number of halogens is 1. The van der Waals surface area contributed by atoms with Crippen LogP contribution in [0.5, 0.6) is 11.5 Å². The van der Waals surface area contributed by atoms with E-state index in [9.17, 15) is 14.0 Å². The number of aromatic nitrogens is 1. The van der Waals surface area contributed by atoms with Crippen LogP contribution in [0.3, 0.4) is 0 Å². The van der Waals surface area contributed by atoms with Crippen LogP contribution in [-0.4, -0.2) is 74.4 Å². The molecule has 10 heteroatoms. The lowest BCUT2D eigenvalue weighted by Crippen LogP contribution is -2.36. The molecule has 3 heterocycles. The maximum Gasteiger partial charge on any atom is 0.410 e. The van der Waals surface area contributed by atoms with Crippen molar-refractivity contribution in [3.05, 3.63) is 48.3 Å². The van der Waals surface area contributed by atoms with Gasteiger partial charge in [-0.05, 0) is 57.2 Å². The number of hydrogen-bond donors (Lipinski definition) is 1. The molecule has 1 N–H and O–H groups in total. The summed E-state index contributed by atoms with van der Waals surface area (Å²) < 4.78 is 31.2. The molecule has 9 nitrogen and oxygen atoms in total. The third-order valence-corrected chi connectivity index (χ3v) is 7.27. The molecule has 2 fully saturated rings. The predicted octanol–water partition coefficient (Wildman–Crippen LogP) is 4.48. The summed E-state index contributed by atoms with van der Waals surface area (Å²) in [6.07, 6.45) is -0.400. The minimum Gasteiger partial charge on any atom is -0.494 e. The van der Waals surface area contributed by atoms with Crippen LogP contribution in [0.15, 0.2) is 42.5 Å². The van der Waals surface area contributed by atoms with Gasteiger partial charge >= 0.3 is 6.09 Å². The second kappa shape index (κ2) is 10.8. The fraction of sp³-hybridized carbons (Fsp3) is 0.433. The van der Waals surface area contributed by atoms with Crippen molar-refractivity contribution in [1.82, 2.24) is 15.2 Å². The standard InChI is InChI=1S/C30H35FN4O5/c1-30(2,3)40-29(37)34(4)10-11-39-20-8-6-18(7-9-20)24-13-26(35-16-19-15-32-28(36)22(19)17-35)21-12-23(31)27(38-5)14-25(21)33-24/h6-9,12-14,19,22H,10-11,15-17H2,1-5H3,(H,32,36). The van der Waals surface area contributed by atoms with Gasteiger partial charge < -0.3 is 29.3 Å². The quantitative estimate of drug-likeness (QED) is 0.464. The van der Waals surface area contributed by atoms with Gasteiger partial charge in [-0.2, -0.15) is 0 Å². The molecule has 1 aromatic heterocycles. The van der Waals surface area contributed by atoms with Gasteiger partial charge in [-0.1, -0.05) is 0 Å². The average Bonchev–Trinajstić information content (AvgIpc) is 3.49. The topological polar surface area (TPSA) is 93.2 Å². The number of hydrogen-bond acceptors (Lipinski definition) is 7. The molecule has 2 aromatic carbocycles. The number of nitrogens with zero attached hydrogens (tertiary/aromatic N) is 3. The van der Waals surface area contributed by atoms with Crippen molar-refractivity contribution >= 4 is 28.6 Å². The van der Waals surface area contributed by atoms with Gasteiger partial charge in [-0.15, -0.1) is 0 Å². The normalized spacial score (nSPS) is 18.4. The number of amides is 2. The van der Waals surface area contributed by atoms with Crippen molar-refractivity contribution < 1.29 is 28.2 Å². The number of nitrogens with one attached hydrogen (secondary N) is 1. The Kier molecular flexibility index (Phi) is 7.44. The number of ether oxygens (including phenoxy) is 3. The summed E-state index contributed by atoms with van der Waals surface area (Å²) >= 11 is 0. The number of pyridine rings is 1. The minimum absolute atomic E-state index is 0.0689. The number of anilines is 1. The largest absolute Gasteiger partial charge is 0.494 e. The van der Waals surface area contributed by atoms with Crippen LogP contribution in [-0.2, 0) is 9.53 Å². The fourth-order valence-corrected chi connectivity index (χ4v) is 5.16. The molecule has 0 aliphatic carbocycles. The Morgan fingerprint density at radius 3 is 2.60 bits per heavy atom. The molecule has 0 bridgehead atoms. The molecule has 0 spiro atoms. The smallest absolute Gasteiger partial charge is 0.410 e. The Morgan fingerprint density at radius 2 is 1.93 bits per heavy atom. The second-order valence-electron chi connectivity index (χ2n) is 11.3. The van der Waals surface area contributed by atoms with Crippen molar-refractivity contribution in [1.29, 1.82) is 0 Å². The van der Waals surface area contributed by atoms with Crippen molar-refractivity contribution in [2.75, 3.05) is 51.8 Å². The van der Waals surface area contributed by atoms with E-state index in [2.05, 4.69) is 10.2 Å². The Hall–Kier alpha value is -4.08. The van der Waals surface area contributed by atoms with Gasteiger partial charge in [0.15, 0.2) is 11.6 Å². The van der Waals surface area contributed by atoms with E-state index < -0.39 is 17.5 Å². The molecule has 0 radical (unpaired) electrons. The Labute approximate surface area is 233 Å². The third kappa shape index (κ3) is 5.76. The van der Waals surface area contributed by atoms with Crippen molar-refractivity contribution in [2.45, 2.75) is 26.4 Å². The highest BCUT2D eigenvalue weighted by molar-refractivity contribution is 5.96. The van der Waals surface area contributed by atoms with E-state index in [4.69, 9.17) is 19.2 Å². The summed E-state index contributed by atoms with van der Waals surface area (Å²) in [6, 6.07) is 12.6. The van der Waals surface area contributed by atoms with Crippen LogP contribution in [0.25, 0.3) is 22.2 Å². The molecular weight excluding hydrogens is 515 g/mol. The van der Waals surface area contributed by atoms with E-state index in [0.29, 0.717) is 55.1 Å². The van der Waals surface area contributed by atoms with Gasteiger partial charge in [-0.25, -0.2) is 14.2 Å². The van der Waals surface area contributed by atoms with E-state index in [-0.39, 0.29) is 23.5 Å². The lowest BCUT2D eigenvalue weighted by atomic mass is 10.0. The van der Waals surface area contributed by atoms with Crippen molar-refractivity contribution in [2.24, 2.45) is 11.8 Å². The SMILES string of the molecule is COc1cc2nc(-c3ccc(OCCN(C)C(=O)OC(C)(C)C)cc3)cc(N3CC4CNC(=O)C4C3)c2cc1F. The molecule has 2 aliphatic heterocycles. The molecular formula is C30H35FN4O5. The predicted molar refractivity (Wildman–Crippen MR) is 150 cm³/mol. The van der Waals surface area contributed by atoms with Crippen LogP contribution in [0.2, 0.25) is 0 Å². The number of benzene rings is 2.